The highest BCUT2D eigenvalue weighted by Crippen LogP contribution is 2.28. The van der Waals surface area contributed by atoms with Gasteiger partial charge in [0.2, 0.25) is 0 Å². The predicted molar refractivity (Wildman–Crippen MR) is 88.9 cm³/mol. The molecule has 0 bridgehead atoms. The Morgan fingerprint density at radius 3 is 3.08 bits per heavy atom. The number of thiazole rings is 1. The number of nitrogens with zero attached hydrogens (tertiary/aromatic N) is 2. The summed E-state index contributed by atoms with van der Waals surface area (Å²) in [7, 11) is 0. The van der Waals surface area contributed by atoms with Crippen LogP contribution in [0.4, 0.5) is 4.39 Å². The number of carbonyl (C=O) groups excluding carboxylic acids is 1. The summed E-state index contributed by atoms with van der Waals surface area (Å²) in [5.74, 6) is -0.858. The number of benzene rings is 1. The fraction of sp³-hybridized carbons (Fsp3) is 0.235. The van der Waals surface area contributed by atoms with E-state index in [1.807, 2.05) is 0 Å². The minimum absolute atomic E-state index is 0.0106. The highest BCUT2D eigenvalue weighted by molar-refractivity contribution is 7.17. The van der Waals surface area contributed by atoms with Gasteiger partial charge >= 0.3 is 0 Å². The number of hydrogen-bond donors (Lipinski definition) is 1. The van der Waals surface area contributed by atoms with Crippen LogP contribution in [0.25, 0.3) is 4.96 Å². The molecule has 0 saturated heterocycles. The Labute approximate surface area is 140 Å². The maximum Gasteiger partial charge on any atom is 0.271 e. The Morgan fingerprint density at radius 1 is 1.38 bits per heavy atom. The molecule has 4 rings (SSSR count). The lowest BCUT2D eigenvalue weighted by atomic mass is 10.2. The minimum atomic E-state index is -0.496. The van der Waals surface area contributed by atoms with Crippen LogP contribution in [0.3, 0.4) is 0 Å². The summed E-state index contributed by atoms with van der Waals surface area (Å²) in [6.45, 7) is 0.153. The first-order valence-electron chi connectivity index (χ1n) is 7.68. The number of aromatic nitrogens is 2. The molecule has 0 fully saturated rings. The van der Waals surface area contributed by atoms with E-state index in [0.29, 0.717) is 10.5 Å². The van der Waals surface area contributed by atoms with Crippen LogP contribution in [0.1, 0.15) is 32.9 Å². The largest absolute Gasteiger partial charge is 0.348 e. The molecule has 0 spiro atoms. The van der Waals surface area contributed by atoms with Crippen molar-refractivity contribution in [2.45, 2.75) is 25.8 Å². The number of nitrogens with one attached hydrogen (secondary N) is 1. The van der Waals surface area contributed by atoms with Crippen LogP contribution in [0.5, 0.6) is 0 Å². The van der Waals surface area contributed by atoms with E-state index < -0.39 is 5.91 Å². The molecule has 122 valence electrons. The normalized spacial score (nSPS) is 13.2. The van der Waals surface area contributed by atoms with E-state index in [2.05, 4.69) is 10.3 Å². The molecule has 1 aliphatic carbocycles. The lowest BCUT2D eigenvalue weighted by molar-refractivity contribution is 0.0949. The maximum atomic E-state index is 13.2. The van der Waals surface area contributed by atoms with Crippen molar-refractivity contribution in [1.82, 2.24) is 14.7 Å². The summed E-state index contributed by atoms with van der Waals surface area (Å²) in [6, 6.07) is 5.98. The lowest BCUT2D eigenvalue weighted by Crippen LogP contribution is -2.31. The van der Waals surface area contributed by atoms with E-state index in [9.17, 15) is 14.0 Å². The fourth-order valence-electron chi connectivity index (χ4n) is 2.99. The second kappa shape index (κ2) is 5.83. The van der Waals surface area contributed by atoms with Gasteiger partial charge in [-0.15, -0.1) is 11.3 Å². The van der Waals surface area contributed by atoms with Crippen molar-refractivity contribution in [3.8, 4) is 0 Å². The fourth-order valence-corrected chi connectivity index (χ4v) is 4.15. The third-order valence-electron chi connectivity index (χ3n) is 4.14. The predicted octanol–water partition coefficient (Wildman–Crippen LogP) is 2.31. The van der Waals surface area contributed by atoms with Crippen LogP contribution >= 0.6 is 11.3 Å². The zero-order valence-electron chi connectivity index (χ0n) is 12.7. The van der Waals surface area contributed by atoms with Gasteiger partial charge in [-0.1, -0.05) is 12.1 Å². The molecule has 1 amide bonds. The van der Waals surface area contributed by atoms with Crippen LogP contribution in [-0.2, 0) is 19.4 Å². The van der Waals surface area contributed by atoms with Crippen molar-refractivity contribution in [2.75, 3.05) is 0 Å². The molecular formula is C17H14FN3O2S. The van der Waals surface area contributed by atoms with Gasteiger partial charge < -0.3 is 5.32 Å². The van der Waals surface area contributed by atoms with Gasteiger partial charge in [-0.3, -0.25) is 14.0 Å². The van der Waals surface area contributed by atoms with E-state index in [0.717, 1.165) is 25.0 Å². The number of hydrogen-bond acceptors (Lipinski definition) is 4. The van der Waals surface area contributed by atoms with E-state index in [4.69, 9.17) is 0 Å². The molecule has 0 unspecified atom stereocenters. The number of rotatable bonds is 3. The number of amides is 1. The molecule has 24 heavy (non-hydrogen) atoms. The van der Waals surface area contributed by atoms with Gasteiger partial charge in [0.15, 0.2) is 4.96 Å². The third kappa shape index (κ3) is 2.50. The van der Waals surface area contributed by atoms with Crippen molar-refractivity contribution in [3.05, 3.63) is 68.3 Å². The second-order valence-corrected chi connectivity index (χ2v) is 6.80. The van der Waals surface area contributed by atoms with Crippen molar-refractivity contribution in [2.24, 2.45) is 0 Å². The summed E-state index contributed by atoms with van der Waals surface area (Å²) in [5.41, 5.74) is 1.29. The smallest absolute Gasteiger partial charge is 0.271 e. The molecule has 3 aromatic rings. The molecule has 0 atom stereocenters. The Hall–Kier alpha value is -2.54. The highest BCUT2D eigenvalue weighted by Gasteiger charge is 2.22. The SMILES string of the molecule is O=C(NCc1cccc(F)c1)c1cnc2sc3c(n2c1=O)CCC3. The van der Waals surface area contributed by atoms with E-state index in [1.54, 1.807) is 16.5 Å². The monoisotopic (exact) mass is 343 g/mol. The molecule has 2 aromatic heterocycles. The quantitative estimate of drug-likeness (QED) is 0.794. The van der Waals surface area contributed by atoms with Crippen molar-refractivity contribution in [3.63, 3.8) is 0 Å². The number of halogens is 1. The van der Waals surface area contributed by atoms with Crippen LogP contribution in [0, 0.1) is 5.82 Å². The Bertz CT molecular complexity index is 1010. The maximum absolute atomic E-state index is 13.2. The highest BCUT2D eigenvalue weighted by atomic mass is 32.1. The molecule has 1 aromatic carbocycles. The van der Waals surface area contributed by atoms with Gasteiger partial charge in [-0.2, -0.15) is 0 Å². The van der Waals surface area contributed by atoms with Crippen molar-refractivity contribution < 1.29 is 9.18 Å². The standard InChI is InChI=1S/C17H14FN3O2S/c18-11-4-1-3-10(7-11)8-19-15(22)12-9-20-17-21(16(12)23)13-5-2-6-14(13)24-17/h1,3-4,7,9H,2,5-6,8H2,(H,19,22). The second-order valence-electron chi connectivity index (χ2n) is 5.73. The average Bonchev–Trinajstić information content (AvgIpc) is 3.13. The molecule has 0 saturated carbocycles. The molecule has 0 radical (unpaired) electrons. The number of aryl methyl sites for hydroxylation is 2. The minimum Gasteiger partial charge on any atom is -0.348 e. The average molecular weight is 343 g/mol. The van der Waals surface area contributed by atoms with Gasteiger partial charge in [0.25, 0.3) is 11.5 Å². The Kier molecular flexibility index (Phi) is 3.65. The molecular weight excluding hydrogens is 329 g/mol. The van der Waals surface area contributed by atoms with Crippen LogP contribution < -0.4 is 10.9 Å². The lowest BCUT2D eigenvalue weighted by Gasteiger charge is -2.06. The molecule has 0 aliphatic heterocycles. The van der Waals surface area contributed by atoms with E-state index in [1.165, 1.54) is 34.5 Å². The van der Waals surface area contributed by atoms with Crippen molar-refractivity contribution >= 4 is 22.2 Å². The van der Waals surface area contributed by atoms with Crippen molar-refractivity contribution in [1.29, 1.82) is 0 Å². The number of fused-ring (bicyclic) bond motifs is 3. The molecule has 2 heterocycles. The summed E-state index contributed by atoms with van der Waals surface area (Å²) < 4.78 is 14.7. The first kappa shape index (κ1) is 15.0. The molecule has 7 heteroatoms. The summed E-state index contributed by atoms with van der Waals surface area (Å²) in [5, 5.41) is 2.65. The third-order valence-corrected chi connectivity index (χ3v) is 5.30. The topological polar surface area (TPSA) is 63.5 Å². The van der Waals surface area contributed by atoms with Crippen LogP contribution in [0.2, 0.25) is 0 Å². The molecule has 1 N–H and O–H groups in total. The summed E-state index contributed by atoms with van der Waals surface area (Å²) in [6.07, 6.45) is 4.15. The molecule has 1 aliphatic rings. The van der Waals surface area contributed by atoms with E-state index in [-0.39, 0.29) is 23.5 Å². The van der Waals surface area contributed by atoms with Gasteiger partial charge in [-0.05, 0) is 37.0 Å². The zero-order chi connectivity index (χ0) is 16.7. The first-order chi connectivity index (χ1) is 11.6. The first-order valence-corrected chi connectivity index (χ1v) is 8.50. The van der Waals surface area contributed by atoms with Gasteiger partial charge in [0, 0.05) is 23.3 Å². The van der Waals surface area contributed by atoms with E-state index >= 15 is 0 Å². The summed E-state index contributed by atoms with van der Waals surface area (Å²) in [4.78, 5) is 31.1. The van der Waals surface area contributed by atoms with Gasteiger partial charge in [0.05, 0.1) is 0 Å². The number of carbonyl (C=O) groups is 1. The van der Waals surface area contributed by atoms with Crippen LogP contribution in [0.15, 0.2) is 35.3 Å². The molecule has 5 nitrogen and oxygen atoms in total. The Balaban J connectivity index is 1.63. The summed E-state index contributed by atoms with van der Waals surface area (Å²) >= 11 is 1.51. The Morgan fingerprint density at radius 2 is 2.25 bits per heavy atom. The van der Waals surface area contributed by atoms with Gasteiger partial charge in [0.1, 0.15) is 11.4 Å². The van der Waals surface area contributed by atoms with Gasteiger partial charge in [-0.25, -0.2) is 9.37 Å². The van der Waals surface area contributed by atoms with Crippen LogP contribution in [-0.4, -0.2) is 15.3 Å². The zero-order valence-corrected chi connectivity index (χ0v) is 13.5.